The number of nitrogens with zero attached hydrogens (tertiary/aromatic N) is 2. The van der Waals surface area contributed by atoms with E-state index in [0.717, 1.165) is 31.9 Å². The number of nitrogens with one attached hydrogen (secondary N) is 1. The van der Waals surface area contributed by atoms with E-state index in [2.05, 4.69) is 62.2 Å². The van der Waals surface area contributed by atoms with Crippen LogP contribution in [0.3, 0.4) is 0 Å². The SMILES string of the molecule is CC(C)c1ccc([C@H](NCC(=O)N2CCN(c3ccc(O)cc3)CC2)C(C)C)cc1. The number of aromatic hydroxyl groups is 1. The lowest BCUT2D eigenvalue weighted by Crippen LogP contribution is -2.51. The molecule has 0 radical (unpaired) electrons. The van der Waals surface area contributed by atoms with Crippen LogP contribution in [0, 0.1) is 5.92 Å². The van der Waals surface area contributed by atoms with Crippen LogP contribution in [-0.2, 0) is 4.79 Å². The number of phenols is 1. The smallest absolute Gasteiger partial charge is 0.236 e. The van der Waals surface area contributed by atoms with Crippen molar-refractivity contribution >= 4 is 11.6 Å². The first-order chi connectivity index (χ1) is 14.3. The first-order valence-corrected chi connectivity index (χ1v) is 11.0. The van der Waals surface area contributed by atoms with Gasteiger partial charge in [-0.1, -0.05) is 52.0 Å². The van der Waals surface area contributed by atoms with E-state index in [-0.39, 0.29) is 17.7 Å². The molecule has 2 N–H and O–H groups in total. The Balaban J connectivity index is 1.53. The molecular weight excluding hydrogens is 374 g/mol. The number of carbonyl (C=O) groups is 1. The van der Waals surface area contributed by atoms with Gasteiger partial charge < -0.3 is 20.2 Å². The van der Waals surface area contributed by atoms with Gasteiger partial charge in [0.05, 0.1) is 6.54 Å². The number of hydrogen-bond donors (Lipinski definition) is 2. The Labute approximate surface area is 180 Å². The lowest BCUT2D eigenvalue weighted by atomic mass is 9.93. The largest absolute Gasteiger partial charge is 0.508 e. The maximum Gasteiger partial charge on any atom is 0.236 e. The van der Waals surface area contributed by atoms with Gasteiger partial charge in [0.1, 0.15) is 5.75 Å². The van der Waals surface area contributed by atoms with Gasteiger partial charge in [0.25, 0.3) is 0 Å². The summed E-state index contributed by atoms with van der Waals surface area (Å²) < 4.78 is 0. The summed E-state index contributed by atoms with van der Waals surface area (Å²) in [6, 6.07) is 16.2. The summed E-state index contributed by atoms with van der Waals surface area (Å²) in [5, 5.41) is 13.0. The topological polar surface area (TPSA) is 55.8 Å². The van der Waals surface area contributed by atoms with Gasteiger partial charge in [-0.2, -0.15) is 0 Å². The van der Waals surface area contributed by atoms with Crippen molar-refractivity contribution in [2.75, 3.05) is 37.6 Å². The lowest BCUT2D eigenvalue weighted by Gasteiger charge is -2.36. The van der Waals surface area contributed by atoms with E-state index in [1.807, 2.05) is 17.0 Å². The molecule has 5 nitrogen and oxygen atoms in total. The Bertz CT molecular complexity index is 807. The van der Waals surface area contributed by atoms with Crippen LogP contribution in [-0.4, -0.2) is 48.6 Å². The molecule has 0 spiro atoms. The van der Waals surface area contributed by atoms with Gasteiger partial charge in [-0.3, -0.25) is 4.79 Å². The van der Waals surface area contributed by atoms with Crippen LogP contribution in [0.5, 0.6) is 5.75 Å². The molecule has 0 unspecified atom stereocenters. The maximum atomic E-state index is 12.8. The predicted octanol–water partition coefficient (Wildman–Crippen LogP) is 4.15. The van der Waals surface area contributed by atoms with Crippen LogP contribution >= 0.6 is 0 Å². The normalized spacial score (nSPS) is 15.7. The molecular formula is C25H35N3O2. The summed E-state index contributed by atoms with van der Waals surface area (Å²) >= 11 is 0. The number of hydrogen-bond acceptors (Lipinski definition) is 4. The number of rotatable bonds is 7. The summed E-state index contributed by atoms with van der Waals surface area (Å²) in [6.07, 6.45) is 0. The molecule has 3 rings (SSSR count). The number of anilines is 1. The second kappa shape index (κ2) is 9.98. The van der Waals surface area contributed by atoms with Crippen LogP contribution in [0.15, 0.2) is 48.5 Å². The fourth-order valence-electron chi connectivity index (χ4n) is 4.01. The maximum absolute atomic E-state index is 12.8. The Morgan fingerprint density at radius 3 is 2.00 bits per heavy atom. The molecule has 162 valence electrons. The highest BCUT2D eigenvalue weighted by molar-refractivity contribution is 5.78. The third-order valence-electron chi connectivity index (χ3n) is 5.95. The Morgan fingerprint density at radius 1 is 0.900 bits per heavy atom. The van der Waals surface area contributed by atoms with Crippen molar-refractivity contribution in [3.8, 4) is 5.75 Å². The van der Waals surface area contributed by atoms with Crippen molar-refractivity contribution in [3.63, 3.8) is 0 Å². The van der Waals surface area contributed by atoms with Crippen LogP contribution in [0.2, 0.25) is 0 Å². The molecule has 2 aromatic carbocycles. The van der Waals surface area contributed by atoms with Crippen molar-refractivity contribution in [2.24, 2.45) is 5.92 Å². The molecule has 1 fully saturated rings. The van der Waals surface area contributed by atoms with E-state index >= 15 is 0 Å². The van der Waals surface area contributed by atoms with Gasteiger partial charge in [-0.05, 0) is 47.2 Å². The van der Waals surface area contributed by atoms with Crippen LogP contribution in [0.25, 0.3) is 0 Å². The zero-order valence-corrected chi connectivity index (χ0v) is 18.6. The summed E-state index contributed by atoms with van der Waals surface area (Å²) in [4.78, 5) is 17.0. The van der Waals surface area contributed by atoms with Crippen LogP contribution < -0.4 is 10.2 Å². The Morgan fingerprint density at radius 2 is 1.47 bits per heavy atom. The van der Waals surface area contributed by atoms with Crippen molar-refractivity contribution < 1.29 is 9.90 Å². The van der Waals surface area contributed by atoms with Gasteiger partial charge in [0, 0.05) is 37.9 Å². The molecule has 1 atom stereocenters. The van der Waals surface area contributed by atoms with Crippen molar-refractivity contribution in [2.45, 2.75) is 39.7 Å². The first kappa shape index (κ1) is 22.2. The average Bonchev–Trinajstić information content (AvgIpc) is 2.74. The number of amides is 1. The molecule has 1 aliphatic rings. The Hall–Kier alpha value is -2.53. The summed E-state index contributed by atoms with van der Waals surface area (Å²) in [5.74, 6) is 1.35. The minimum absolute atomic E-state index is 0.157. The van der Waals surface area contributed by atoms with Crippen LogP contribution in [0.1, 0.15) is 50.8 Å². The Kier molecular flexibility index (Phi) is 7.38. The molecule has 2 aromatic rings. The highest BCUT2D eigenvalue weighted by atomic mass is 16.3. The molecule has 0 aliphatic carbocycles. The number of piperazine rings is 1. The van der Waals surface area contributed by atoms with E-state index < -0.39 is 0 Å². The van der Waals surface area contributed by atoms with Gasteiger partial charge in [0.2, 0.25) is 5.91 Å². The minimum Gasteiger partial charge on any atom is -0.508 e. The fraction of sp³-hybridized carbons (Fsp3) is 0.480. The number of phenolic OH excluding ortho intramolecular Hbond substituents is 1. The van der Waals surface area contributed by atoms with Gasteiger partial charge in [-0.15, -0.1) is 0 Å². The minimum atomic E-state index is 0.157. The molecule has 1 amide bonds. The van der Waals surface area contributed by atoms with Crippen LogP contribution in [0.4, 0.5) is 5.69 Å². The third-order valence-corrected chi connectivity index (χ3v) is 5.95. The van der Waals surface area contributed by atoms with E-state index in [4.69, 9.17) is 0 Å². The monoisotopic (exact) mass is 409 g/mol. The quantitative estimate of drug-likeness (QED) is 0.721. The standard InChI is InChI=1S/C25H35N3O2/c1-18(2)20-5-7-21(8-6-20)25(19(3)4)26-17-24(30)28-15-13-27(14-16-28)22-9-11-23(29)12-10-22/h5-12,18-19,25-26,29H,13-17H2,1-4H3/t25-/m1/s1. The second-order valence-electron chi connectivity index (χ2n) is 8.81. The molecule has 1 saturated heterocycles. The lowest BCUT2D eigenvalue weighted by molar-refractivity contribution is -0.130. The van der Waals surface area contributed by atoms with Gasteiger partial charge >= 0.3 is 0 Å². The van der Waals surface area contributed by atoms with E-state index in [1.165, 1.54) is 11.1 Å². The second-order valence-corrected chi connectivity index (χ2v) is 8.81. The number of carbonyl (C=O) groups excluding carboxylic acids is 1. The predicted molar refractivity (Wildman–Crippen MR) is 123 cm³/mol. The summed E-state index contributed by atoms with van der Waals surface area (Å²) in [7, 11) is 0. The van der Waals surface area contributed by atoms with E-state index in [1.54, 1.807) is 12.1 Å². The zero-order chi connectivity index (χ0) is 21.7. The average molecular weight is 410 g/mol. The molecule has 5 heteroatoms. The molecule has 0 aromatic heterocycles. The van der Waals surface area contributed by atoms with Crippen molar-refractivity contribution in [1.82, 2.24) is 10.2 Å². The molecule has 1 aliphatic heterocycles. The highest BCUT2D eigenvalue weighted by Crippen LogP contribution is 2.24. The van der Waals surface area contributed by atoms with E-state index in [0.29, 0.717) is 18.4 Å². The molecule has 0 saturated carbocycles. The third kappa shape index (κ3) is 5.54. The van der Waals surface area contributed by atoms with Gasteiger partial charge in [-0.25, -0.2) is 0 Å². The summed E-state index contributed by atoms with van der Waals surface area (Å²) in [6.45, 7) is 12.2. The van der Waals surface area contributed by atoms with Gasteiger partial charge in [0.15, 0.2) is 0 Å². The van der Waals surface area contributed by atoms with E-state index in [9.17, 15) is 9.90 Å². The number of benzene rings is 2. The fourth-order valence-corrected chi connectivity index (χ4v) is 4.01. The molecule has 1 heterocycles. The molecule has 0 bridgehead atoms. The van der Waals surface area contributed by atoms with Crippen molar-refractivity contribution in [1.29, 1.82) is 0 Å². The highest BCUT2D eigenvalue weighted by Gasteiger charge is 2.23. The first-order valence-electron chi connectivity index (χ1n) is 11.0. The van der Waals surface area contributed by atoms with Crippen molar-refractivity contribution in [3.05, 3.63) is 59.7 Å². The zero-order valence-electron chi connectivity index (χ0n) is 18.6. The summed E-state index contributed by atoms with van der Waals surface area (Å²) in [5.41, 5.74) is 3.66. The molecule has 30 heavy (non-hydrogen) atoms.